The molecule has 0 saturated heterocycles. The largest absolute Gasteiger partial charge is 0.489 e. The van der Waals surface area contributed by atoms with E-state index >= 15 is 0 Å². The van der Waals surface area contributed by atoms with Gasteiger partial charge in [0.05, 0.1) is 22.5 Å². The molecule has 19 heavy (non-hydrogen) atoms. The zero-order valence-electron chi connectivity index (χ0n) is 11.0. The Morgan fingerprint density at radius 2 is 1.84 bits per heavy atom. The summed E-state index contributed by atoms with van der Waals surface area (Å²) < 4.78 is 5.75. The van der Waals surface area contributed by atoms with Gasteiger partial charge >= 0.3 is 0 Å². The molecule has 0 amide bonds. The van der Waals surface area contributed by atoms with E-state index in [9.17, 15) is 0 Å². The van der Waals surface area contributed by atoms with Crippen molar-refractivity contribution in [3.63, 3.8) is 0 Å². The van der Waals surface area contributed by atoms with Crippen molar-refractivity contribution in [1.82, 2.24) is 0 Å². The normalized spacial score (nSPS) is 10.5. The lowest BCUT2D eigenvalue weighted by Crippen LogP contribution is -2.07. The maximum Gasteiger partial charge on any atom is 0.143 e. The van der Waals surface area contributed by atoms with Gasteiger partial charge in [-0.25, -0.2) is 0 Å². The Morgan fingerprint density at radius 3 is 2.53 bits per heavy atom. The summed E-state index contributed by atoms with van der Waals surface area (Å²) in [5.41, 5.74) is 8.00. The lowest BCUT2D eigenvalue weighted by molar-refractivity contribution is 0.244. The first-order chi connectivity index (χ1) is 9.06. The van der Waals surface area contributed by atoms with E-state index in [0.717, 1.165) is 17.1 Å². The average molecular weight is 277 g/mol. The predicted molar refractivity (Wildman–Crippen MR) is 81.4 cm³/mol. The van der Waals surface area contributed by atoms with Gasteiger partial charge in [-0.05, 0) is 44.2 Å². The van der Waals surface area contributed by atoms with Crippen molar-refractivity contribution in [2.24, 2.45) is 0 Å². The monoisotopic (exact) mass is 276 g/mol. The molecule has 0 heterocycles. The number of nitrogens with two attached hydrogens (primary N) is 1. The molecule has 0 saturated carbocycles. The molecule has 2 aromatic carbocycles. The minimum absolute atomic E-state index is 0.116. The summed E-state index contributed by atoms with van der Waals surface area (Å²) in [6, 6.07) is 13.1. The maximum atomic E-state index is 6.15. The van der Waals surface area contributed by atoms with E-state index in [4.69, 9.17) is 22.1 Å². The van der Waals surface area contributed by atoms with Gasteiger partial charge in [0.15, 0.2) is 0 Å². The third-order valence-electron chi connectivity index (χ3n) is 2.51. The highest BCUT2D eigenvalue weighted by Crippen LogP contribution is 2.32. The Kier molecular flexibility index (Phi) is 4.17. The summed E-state index contributed by atoms with van der Waals surface area (Å²) in [5.74, 6) is 0.797. The van der Waals surface area contributed by atoms with Crippen molar-refractivity contribution >= 4 is 28.7 Å². The highest BCUT2D eigenvalue weighted by molar-refractivity contribution is 6.33. The standard InChI is InChI=1S/C15H17ClN2O/c1-10(2)19-15-6-4-3-5-14(15)18-13-8-7-11(17)9-12(13)16/h3-10,18H,17H2,1-2H3. The van der Waals surface area contributed by atoms with E-state index in [1.54, 1.807) is 12.1 Å². The smallest absolute Gasteiger partial charge is 0.143 e. The third-order valence-corrected chi connectivity index (χ3v) is 2.82. The highest BCUT2D eigenvalue weighted by atomic mass is 35.5. The molecule has 0 spiro atoms. The number of ether oxygens (including phenoxy) is 1. The van der Waals surface area contributed by atoms with Gasteiger partial charge in [-0.3, -0.25) is 0 Å². The van der Waals surface area contributed by atoms with Crippen LogP contribution in [0.15, 0.2) is 42.5 Å². The second-order valence-corrected chi connectivity index (χ2v) is 4.93. The summed E-state index contributed by atoms with van der Waals surface area (Å²) in [4.78, 5) is 0. The lowest BCUT2D eigenvalue weighted by Gasteiger charge is -2.16. The quantitative estimate of drug-likeness (QED) is 0.811. The first kappa shape index (κ1) is 13.6. The Labute approximate surface area is 118 Å². The molecule has 0 fully saturated rings. The Balaban J connectivity index is 2.27. The number of nitrogen functional groups attached to an aromatic ring is 1. The number of para-hydroxylation sites is 2. The fourth-order valence-electron chi connectivity index (χ4n) is 1.70. The summed E-state index contributed by atoms with van der Waals surface area (Å²) >= 11 is 6.15. The van der Waals surface area contributed by atoms with Crippen molar-refractivity contribution in [2.45, 2.75) is 20.0 Å². The summed E-state index contributed by atoms with van der Waals surface area (Å²) in [6.45, 7) is 3.99. The van der Waals surface area contributed by atoms with Crippen LogP contribution in [0.25, 0.3) is 0 Å². The number of hydrogen-bond donors (Lipinski definition) is 2. The molecule has 0 atom stereocenters. The van der Waals surface area contributed by atoms with Crippen LogP contribution < -0.4 is 15.8 Å². The van der Waals surface area contributed by atoms with Crippen LogP contribution in [-0.4, -0.2) is 6.10 Å². The van der Waals surface area contributed by atoms with Crippen LogP contribution in [0.1, 0.15) is 13.8 Å². The predicted octanol–water partition coefficient (Wildman–Crippen LogP) is 4.45. The van der Waals surface area contributed by atoms with Crippen LogP contribution >= 0.6 is 11.6 Å². The molecule has 3 N–H and O–H groups in total. The van der Waals surface area contributed by atoms with Crippen molar-refractivity contribution in [3.05, 3.63) is 47.5 Å². The van der Waals surface area contributed by atoms with Crippen LogP contribution in [0.2, 0.25) is 5.02 Å². The van der Waals surface area contributed by atoms with Crippen LogP contribution in [-0.2, 0) is 0 Å². The van der Waals surface area contributed by atoms with Crippen LogP contribution in [0, 0.1) is 0 Å². The number of anilines is 3. The molecular weight excluding hydrogens is 260 g/mol. The molecule has 2 aromatic rings. The average Bonchev–Trinajstić information content (AvgIpc) is 2.34. The first-order valence-electron chi connectivity index (χ1n) is 6.14. The second-order valence-electron chi connectivity index (χ2n) is 4.53. The Bertz CT molecular complexity index is 570. The first-order valence-corrected chi connectivity index (χ1v) is 6.52. The fraction of sp³-hybridized carbons (Fsp3) is 0.200. The van der Waals surface area contributed by atoms with Gasteiger partial charge in [-0.2, -0.15) is 0 Å². The SMILES string of the molecule is CC(C)Oc1ccccc1Nc1ccc(N)cc1Cl. The minimum Gasteiger partial charge on any atom is -0.489 e. The number of rotatable bonds is 4. The van der Waals surface area contributed by atoms with E-state index in [2.05, 4.69) is 5.32 Å². The van der Waals surface area contributed by atoms with Crippen LogP contribution in [0.4, 0.5) is 17.1 Å². The Hall–Kier alpha value is -1.87. The minimum atomic E-state index is 0.116. The number of nitrogens with one attached hydrogen (secondary N) is 1. The molecule has 2 rings (SSSR count). The lowest BCUT2D eigenvalue weighted by atomic mass is 10.2. The van der Waals surface area contributed by atoms with Crippen molar-refractivity contribution < 1.29 is 4.74 Å². The molecular formula is C15H17ClN2O. The molecule has 0 aromatic heterocycles. The third kappa shape index (κ3) is 3.55. The van der Waals surface area contributed by atoms with E-state index in [1.165, 1.54) is 0 Å². The number of benzene rings is 2. The zero-order chi connectivity index (χ0) is 13.8. The maximum absolute atomic E-state index is 6.15. The molecule has 100 valence electrons. The van der Waals surface area contributed by atoms with Gasteiger partial charge in [-0.15, -0.1) is 0 Å². The fourth-order valence-corrected chi connectivity index (χ4v) is 1.94. The zero-order valence-corrected chi connectivity index (χ0v) is 11.7. The molecule has 0 aliphatic carbocycles. The van der Waals surface area contributed by atoms with Crippen molar-refractivity contribution in [2.75, 3.05) is 11.1 Å². The van der Waals surface area contributed by atoms with Crippen LogP contribution in [0.5, 0.6) is 5.75 Å². The molecule has 4 heteroatoms. The van der Waals surface area contributed by atoms with E-state index < -0.39 is 0 Å². The summed E-state index contributed by atoms with van der Waals surface area (Å²) in [6.07, 6.45) is 0.116. The Morgan fingerprint density at radius 1 is 1.11 bits per heavy atom. The van der Waals surface area contributed by atoms with Gasteiger partial charge in [-0.1, -0.05) is 23.7 Å². The molecule has 0 aliphatic heterocycles. The number of halogens is 1. The van der Waals surface area contributed by atoms with Gasteiger partial charge in [0.1, 0.15) is 5.75 Å². The topological polar surface area (TPSA) is 47.3 Å². The molecule has 0 radical (unpaired) electrons. The van der Waals surface area contributed by atoms with Crippen molar-refractivity contribution in [1.29, 1.82) is 0 Å². The molecule has 0 unspecified atom stereocenters. The second kappa shape index (κ2) is 5.85. The number of hydrogen-bond acceptors (Lipinski definition) is 3. The van der Waals surface area contributed by atoms with Gasteiger partial charge in [0, 0.05) is 5.69 Å². The van der Waals surface area contributed by atoms with E-state index in [1.807, 2.05) is 44.2 Å². The van der Waals surface area contributed by atoms with Gasteiger partial charge in [0.2, 0.25) is 0 Å². The van der Waals surface area contributed by atoms with Gasteiger partial charge < -0.3 is 15.8 Å². The molecule has 0 aliphatic rings. The van der Waals surface area contributed by atoms with Crippen LogP contribution in [0.3, 0.4) is 0 Å². The van der Waals surface area contributed by atoms with E-state index in [-0.39, 0.29) is 6.10 Å². The summed E-state index contributed by atoms with van der Waals surface area (Å²) in [7, 11) is 0. The highest BCUT2D eigenvalue weighted by Gasteiger charge is 2.07. The molecule has 0 bridgehead atoms. The summed E-state index contributed by atoms with van der Waals surface area (Å²) in [5, 5.41) is 3.84. The van der Waals surface area contributed by atoms with E-state index in [0.29, 0.717) is 10.7 Å². The van der Waals surface area contributed by atoms with Gasteiger partial charge in [0.25, 0.3) is 0 Å². The molecule has 3 nitrogen and oxygen atoms in total. The van der Waals surface area contributed by atoms with Crippen molar-refractivity contribution in [3.8, 4) is 5.75 Å².